The number of ketones is 1. The Labute approximate surface area is 61.2 Å². The third kappa shape index (κ3) is 0.954. The highest BCUT2D eigenvalue weighted by Gasteiger charge is 2.45. The van der Waals surface area contributed by atoms with E-state index < -0.39 is 11.1 Å². The molecule has 2 N–H and O–H groups in total. The van der Waals surface area contributed by atoms with E-state index in [0.29, 0.717) is 0 Å². The van der Waals surface area contributed by atoms with E-state index in [1.807, 2.05) is 27.7 Å². The van der Waals surface area contributed by atoms with Crippen molar-refractivity contribution in [2.75, 3.05) is 0 Å². The summed E-state index contributed by atoms with van der Waals surface area (Å²) in [5, 5.41) is 0. The lowest BCUT2D eigenvalue weighted by Crippen LogP contribution is -2.41. The minimum atomic E-state index is -0.413. The molecule has 1 fully saturated rings. The Morgan fingerprint density at radius 2 is 1.30 bits per heavy atom. The Kier molecular flexibility index (Phi) is 1.38. The van der Waals surface area contributed by atoms with Crippen molar-refractivity contribution in [3.63, 3.8) is 0 Å². The Balaban J connectivity index is 2.88. The molecule has 0 aromatic heterocycles. The summed E-state index contributed by atoms with van der Waals surface area (Å²) >= 11 is 0. The Bertz CT molecular complexity index is 154. The first-order chi connectivity index (χ1) is 4.36. The number of carbonyl (C=O) groups is 1. The molecule has 0 saturated carbocycles. The van der Waals surface area contributed by atoms with Gasteiger partial charge in [0.1, 0.15) is 0 Å². The quantitative estimate of drug-likeness (QED) is 0.508. The number of hydrazine groups is 1. The van der Waals surface area contributed by atoms with Crippen LogP contribution in [0.3, 0.4) is 0 Å². The fourth-order valence-electron chi connectivity index (χ4n) is 1.21. The molecule has 0 bridgehead atoms. The summed E-state index contributed by atoms with van der Waals surface area (Å²) < 4.78 is 0. The molecule has 0 aromatic rings. The molecule has 0 unspecified atom stereocenters. The Hall–Kier alpha value is -0.410. The second kappa shape index (κ2) is 1.80. The van der Waals surface area contributed by atoms with Crippen molar-refractivity contribution in [2.45, 2.75) is 38.8 Å². The maximum atomic E-state index is 11.4. The standard InChI is InChI=1S/C7H14N2O/c1-6(2)5(10)7(3,4)9-8-6/h8-9H,1-4H3. The van der Waals surface area contributed by atoms with Crippen LogP contribution >= 0.6 is 0 Å². The van der Waals surface area contributed by atoms with Gasteiger partial charge in [0.25, 0.3) is 0 Å². The van der Waals surface area contributed by atoms with Crippen LogP contribution in [-0.2, 0) is 4.79 Å². The smallest absolute Gasteiger partial charge is 0.174 e. The molecule has 1 aliphatic heterocycles. The molecular formula is C7H14N2O. The van der Waals surface area contributed by atoms with Gasteiger partial charge in [-0.15, -0.1) is 0 Å². The van der Waals surface area contributed by atoms with Gasteiger partial charge in [-0.25, -0.2) is 10.9 Å². The average Bonchev–Trinajstić information content (AvgIpc) is 1.95. The molecule has 0 aromatic carbocycles. The Morgan fingerprint density at radius 1 is 1.00 bits per heavy atom. The van der Waals surface area contributed by atoms with Gasteiger partial charge in [0.05, 0.1) is 11.1 Å². The normalized spacial score (nSPS) is 29.0. The predicted octanol–water partition coefficient (Wildman–Crippen LogP) is 0.220. The summed E-state index contributed by atoms with van der Waals surface area (Å²) in [6.45, 7) is 7.49. The summed E-state index contributed by atoms with van der Waals surface area (Å²) in [6.07, 6.45) is 0. The number of hydrogen-bond acceptors (Lipinski definition) is 3. The summed E-state index contributed by atoms with van der Waals surface area (Å²) in [5.74, 6) is 0.208. The van der Waals surface area contributed by atoms with Crippen LogP contribution in [0, 0.1) is 0 Å². The van der Waals surface area contributed by atoms with Gasteiger partial charge in [0.15, 0.2) is 5.78 Å². The highest BCUT2D eigenvalue weighted by Crippen LogP contribution is 2.19. The molecule has 1 saturated heterocycles. The van der Waals surface area contributed by atoms with Gasteiger partial charge >= 0.3 is 0 Å². The van der Waals surface area contributed by atoms with Crippen molar-refractivity contribution >= 4 is 5.78 Å². The first-order valence-electron chi connectivity index (χ1n) is 3.45. The van der Waals surface area contributed by atoms with E-state index in [2.05, 4.69) is 10.9 Å². The lowest BCUT2D eigenvalue weighted by Gasteiger charge is -2.16. The molecule has 3 nitrogen and oxygen atoms in total. The molecular weight excluding hydrogens is 128 g/mol. The van der Waals surface area contributed by atoms with E-state index >= 15 is 0 Å². The highest BCUT2D eigenvalue weighted by molar-refractivity contribution is 5.96. The largest absolute Gasteiger partial charge is 0.295 e. The van der Waals surface area contributed by atoms with E-state index in [0.717, 1.165) is 0 Å². The van der Waals surface area contributed by atoms with E-state index in [1.54, 1.807) is 0 Å². The number of carbonyl (C=O) groups excluding carboxylic acids is 1. The predicted molar refractivity (Wildman–Crippen MR) is 39.4 cm³/mol. The van der Waals surface area contributed by atoms with Crippen LogP contribution < -0.4 is 10.9 Å². The zero-order valence-electron chi connectivity index (χ0n) is 6.91. The van der Waals surface area contributed by atoms with E-state index in [4.69, 9.17) is 0 Å². The van der Waals surface area contributed by atoms with Crippen LogP contribution in [-0.4, -0.2) is 16.9 Å². The molecule has 0 spiro atoms. The van der Waals surface area contributed by atoms with E-state index in [-0.39, 0.29) is 5.78 Å². The molecule has 0 radical (unpaired) electrons. The first-order valence-corrected chi connectivity index (χ1v) is 3.45. The van der Waals surface area contributed by atoms with Crippen LogP contribution in [0.1, 0.15) is 27.7 Å². The van der Waals surface area contributed by atoms with Gasteiger partial charge in [-0.3, -0.25) is 4.79 Å². The SMILES string of the molecule is CC1(C)NNC(C)(C)C1=O. The van der Waals surface area contributed by atoms with Crippen molar-refractivity contribution in [2.24, 2.45) is 0 Å². The number of Topliss-reactive ketones (excluding diaryl/α,β-unsaturated/α-hetero) is 1. The minimum Gasteiger partial charge on any atom is -0.295 e. The third-order valence-corrected chi connectivity index (χ3v) is 1.82. The van der Waals surface area contributed by atoms with Crippen molar-refractivity contribution in [1.82, 2.24) is 10.9 Å². The lowest BCUT2D eigenvalue weighted by atomic mass is 9.89. The zero-order valence-corrected chi connectivity index (χ0v) is 6.91. The van der Waals surface area contributed by atoms with Gasteiger partial charge in [-0.1, -0.05) is 0 Å². The molecule has 1 aliphatic rings. The second-order valence-corrected chi connectivity index (χ2v) is 3.83. The molecule has 0 atom stereocenters. The molecule has 0 aliphatic carbocycles. The molecule has 1 heterocycles. The highest BCUT2D eigenvalue weighted by atomic mass is 16.1. The number of nitrogens with one attached hydrogen (secondary N) is 2. The van der Waals surface area contributed by atoms with Crippen LogP contribution in [0.5, 0.6) is 0 Å². The van der Waals surface area contributed by atoms with Crippen molar-refractivity contribution in [1.29, 1.82) is 0 Å². The number of rotatable bonds is 0. The lowest BCUT2D eigenvalue weighted by molar-refractivity contribution is -0.124. The average molecular weight is 142 g/mol. The summed E-state index contributed by atoms with van der Waals surface area (Å²) in [5.41, 5.74) is 5.05. The Morgan fingerprint density at radius 3 is 1.40 bits per heavy atom. The fourth-order valence-corrected chi connectivity index (χ4v) is 1.21. The van der Waals surface area contributed by atoms with Crippen LogP contribution in [0.25, 0.3) is 0 Å². The van der Waals surface area contributed by atoms with Crippen LogP contribution in [0.4, 0.5) is 0 Å². The van der Waals surface area contributed by atoms with Gasteiger partial charge in [0, 0.05) is 0 Å². The molecule has 58 valence electrons. The minimum absolute atomic E-state index is 0.208. The second-order valence-electron chi connectivity index (χ2n) is 3.83. The van der Waals surface area contributed by atoms with Crippen molar-refractivity contribution < 1.29 is 4.79 Å². The van der Waals surface area contributed by atoms with E-state index in [1.165, 1.54) is 0 Å². The van der Waals surface area contributed by atoms with Crippen molar-refractivity contribution in [3.05, 3.63) is 0 Å². The summed E-state index contributed by atoms with van der Waals surface area (Å²) in [6, 6.07) is 0. The fraction of sp³-hybridized carbons (Fsp3) is 0.857. The van der Waals surface area contributed by atoms with Gasteiger partial charge in [-0.2, -0.15) is 0 Å². The first kappa shape index (κ1) is 7.69. The maximum absolute atomic E-state index is 11.4. The topological polar surface area (TPSA) is 41.1 Å². The van der Waals surface area contributed by atoms with Crippen LogP contribution in [0.15, 0.2) is 0 Å². The zero-order chi connectivity index (χ0) is 7.99. The van der Waals surface area contributed by atoms with Gasteiger partial charge in [-0.05, 0) is 27.7 Å². The third-order valence-electron chi connectivity index (χ3n) is 1.82. The molecule has 3 heteroatoms. The van der Waals surface area contributed by atoms with Gasteiger partial charge in [0.2, 0.25) is 0 Å². The molecule has 10 heavy (non-hydrogen) atoms. The van der Waals surface area contributed by atoms with Gasteiger partial charge < -0.3 is 0 Å². The summed E-state index contributed by atoms with van der Waals surface area (Å²) in [4.78, 5) is 11.4. The monoisotopic (exact) mass is 142 g/mol. The van der Waals surface area contributed by atoms with E-state index in [9.17, 15) is 4.79 Å². The van der Waals surface area contributed by atoms with Crippen LogP contribution in [0.2, 0.25) is 0 Å². The van der Waals surface area contributed by atoms with Crippen molar-refractivity contribution in [3.8, 4) is 0 Å². The number of hydrogen-bond donors (Lipinski definition) is 2. The summed E-state index contributed by atoms with van der Waals surface area (Å²) in [7, 11) is 0. The maximum Gasteiger partial charge on any atom is 0.174 e. The molecule has 0 amide bonds. The molecule has 1 rings (SSSR count).